The molecule has 1 heterocycles. The molecule has 1 amide bonds. The predicted molar refractivity (Wildman–Crippen MR) is 72.6 cm³/mol. The van der Waals surface area contributed by atoms with Gasteiger partial charge in [0, 0.05) is 23.9 Å². The Labute approximate surface area is 112 Å². The molecule has 100 valence electrons. The lowest BCUT2D eigenvalue weighted by molar-refractivity contribution is 0.0784. The number of carbonyl (C=O) groups is 1. The minimum Gasteiger partial charge on any atom is -0.399 e. The highest BCUT2D eigenvalue weighted by Crippen LogP contribution is 2.16. The number of aromatic nitrogens is 1. The largest absolute Gasteiger partial charge is 0.399 e. The monoisotopic (exact) mass is 259 g/mol. The molecular weight excluding hydrogens is 242 g/mol. The molecule has 0 radical (unpaired) electrons. The lowest BCUT2D eigenvalue weighted by Crippen LogP contribution is -2.26. The van der Waals surface area contributed by atoms with E-state index in [1.54, 1.807) is 36.2 Å². The summed E-state index contributed by atoms with van der Waals surface area (Å²) in [5.41, 5.74) is 8.63. The summed E-state index contributed by atoms with van der Waals surface area (Å²) in [7, 11) is 1.75. The summed E-state index contributed by atoms with van der Waals surface area (Å²) in [5.74, 6) is 0.689. The van der Waals surface area contributed by atoms with Crippen LogP contribution in [0.25, 0.3) is 0 Å². The number of anilines is 1. The number of nitrogen functional groups attached to an aromatic ring is 1. The first-order chi connectivity index (χ1) is 8.99. The van der Waals surface area contributed by atoms with E-state index in [-0.39, 0.29) is 5.91 Å². The number of nitrogens with zero attached hydrogens (tertiary/aromatic N) is 2. The van der Waals surface area contributed by atoms with Crippen LogP contribution in [0.3, 0.4) is 0 Å². The third kappa shape index (κ3) is 2.76. The lowest BCUT2D eigenvalue weighted by atomic mass is 10.1. The number of hydrogen-bond acceptors (Lipinski definition) is 4. The van der Waals surface area contributed by atoms with Gasteiger partial charge in [-0.1, -0.05) is 5.16 Å². The molecule has 5 nitrogen and oxygen atoms in total. The van der Waals surface area contributed by atoms with Crippen LogP contribution in [-0.4, -0.2) is 23.0 Å². The zero-order chi connectivity index (χ0) is 14.0. The molecule has 2 rings (SSSR count). The van der Waals surface area contributed by atoms with Crippen molar-refractivity contribution in [1.29, 1.82) is 0 Å². The molecule has 2 N–H and O–H groups in total. The van der Waals surface area contributed by atoms with Crippen LogP contribution in [0.15, 0.2) is 28.8 Å². The molecule has 0 spiro atoms. The van der Waals surface area contributed by atoms with E-state index in [4.69, 9.17) is 10.3 Å². The number of aryl methyl sites for hydroxylation is 2. The van der Waals surface area contributed by atoms with Gasteiger partial charge in [0.15, 0.2) is 0 Å². The number of amides is 1. The molecule has 1 aromatic heterocycles. The zero-order valence-corrected chi connectivity index (χ0v) is 11.3. The molecule has 1 aromatic carbocycles. The zero-order valence-electron chi connectivity index (χ0n) is 11.3. The molecule has 0 unspecified atom stereocenters. The number of benzene rings is 1. The van der Waals surface area contributed by atoms with Crippen molar-refractivity contribution in [3.05, 3.63) is 46.8 Å². The van der Waals surface area contributed by atoms with Crippen LogP contribution < -0.4 is 5.73 Å². The third-order valence-corrected chi connectivity index (χ3v) is 3.08. The van der Waals surface area contributed by atoms with Gasteiger partial charge in [0.1, 0.15) is 5.76 Å². The fraction of sp³-hybridized carbons (Fsp3) is 0.286. The summed E-state index contributed by atoms with van der Waals surface area (Å²) in [5, 5.41) is 3.88. The van der Waals surface area contributed by atoms with Crippen molar-refractivity contribution >= 4 is 11.6 Å². The Morgan fingerprint density at radius 2 is 1.95 bits per heavy atom. The molecule has 0 aliphatic heterocycles. The van der Waals surface area contributed by atoms with E-state index in [2.05, 4.69) is 5.16 Å². The molecule has 2 aromatic rings. The normalized spacial score (nSPS) is 10.5. The molecule has 19 heavy (non-hydrogen) atoms. The summed E-state index contributed by atoms with van der Waals surface area (Å²) in [6.45, 7) is 4.19. The van der Waals surface area contributed by atoms with Crippen LogP contribution in [0.4, 0.5) is 5.69 Å². The summed E-state index contributed by atoms with van der Waals surface area (Å²) in [6, 6.07) is 6.89. The third-order valence-electron chi connectivity index (χ3n) is 3.08. The van der Waals surface area contributed by atoms with Crippen LogP contribution in [0.2, 0.25) is 0 Å². The van der Waals surface area contributed by atoms with E-state index in [1.807, 2.05) is 13.8 Å². The first kappa shape index (κ1) is 13.1. The second-order valence-corrected chi connectivity index (χ2v) is 4.59. The van der Waals surface area contributed by atoms with Crippen molar-refractivity contribution in [3.8, 4) is 0 Å². The van der Waals surface area contributed by atoms with Crippen LogP contribution in [0.1, 0.15) is 27.4 Å². The van der Waals surface area contributed by atoms with E-state index >= 15 is 0 Å². The maximum atomic E-state index is 12.2. The number of nitrogens with two attached hydrogens (primary N) is 1. The Morgan fingerprint density at radius 1 is 1.32 bits per heavy atom. The first-order valence-corrected chi connectivity index (χ1v) is 6.02. The van der Waals surface area contributed by atoms with E-state index in [0.717, 1.165) is 17.0 Å². The highest BCUT2D eigenvalue weighted by molar-refractivity contribution is 5.94. The molecule has 0 bridgehead atoms. The van der Waals surface area contributed by atoms with Gasteiger partial charge in [-0.2, -0.15) is 0 Å². The minimum absolute atomic E-state index is 0.0556. The van der Waals surface area contributed by atoms with Crippen LogP contribution in [0.5, 0.6) is 0 Å². The molecule has 0 aliphatic carbocycles. The Balaban J connectivity index is 2.14. The predicted octanol–water partition coefficient (Wildman–Crippen LogP) is 2.15. The van der Waals surface area contributed by atoms with Crippen LogP contribution in [0, 0.1) is 13.8 Å². The maximum absolute atomic E-state index is 12.2. The van der Waals surface area contributed by atoms with Gasteiger partial charge >= 0.3 is 0 Å². The molecule has 0 fully saturated rings. The van der Waals surface area contributed by atoms with Crippen molar-refractivity contribution in [2.75, 3.05) is 12.8 Å². The van der Waals surface area contributed by atoms with Gasteiger partial charge in [0.05, 0.1) is 12.2 Å². The van der Waals surface area contributed by atoms with Crippen molar-refractivity contribution in [3.63, 3.8) is 0 Å². The molecule has 0 aliphatic rings. The Kier molecular flexibility index (Phi) is 3.55. The van der Waals surface area contributed by atoms with Gasteiger partial charge in [0.25, 0.3) is 5.91 Å². The molecule has 0 atom stereocenters. The fourth-order valence-corrected chi connectivity index (χ4v) is 1.88. The minimum atomic E-state index is -0.0556. The first-order valence-electron chi connectivity index (χ1n) is 6.02. The second kappa shape index (κ2) is 5.14. The number of hydrogen-bond donors (Lipinski definition) is 1. The van der Waals surface area contributed by atoms with Gasteiger partial charge < -0.3 is 15.2 Å². The standard InChI is InChI=1S/C14H17N3O2/c1-9-13(10(2)19-16-9)8-17(3)14(18)11-4-6-12(15)7-5-11/h4-7H,8,15H2,1-3H3. The number of carbonyl (C=O) groups excluding carboxylic acids is 1. The Hall–Kier alpha value is -2.30. The summed E-state index contributed by atoms with van der Waals surface area (Å²) in [4.78, 5) is 13.9. The number of rotatable bonds is 3. The molecule has 5 heteroatoms. The molecule has 0 saturated heterocycles. The van der Waals surface area contributed by atoms with Gasteiger partial charge in [-0.15, -0.1) is 0 Å². The Morgan fingerprint density at radius 3 is 2.47 bits per heavy atom. The van der Waals surface area contributed by atoms with Crippen molar-refractivity contribution in [2.45, 2.75) is 20.4 Å². The fourth-order valence-electron chi connectivity index (χ4n) is 1.88. The van der Waals surface area contributed by atoms with Gasteiger partial charge in [0.2, 0.25) is 0 Å². The van der Waals surface area contributed by atoms with E-state index in [1.165, 1.54) is 0 Å². The van der Waals surface area contributed by atoms with Gasteiger partial charge in [-0.25, -0.2) is 0 Å². The summed E-state index contributed by atoms with van der Waals surface area (Å²) in [6.07, 6.45) is 0. The van der Waals surface area contributed by atoms with Gasteiger partial charge in [-0.05, 0) is 38.1 Å². The van der Waals surface area contributed by atoms with Crippen molar-refractivity contribution < 1.29 is 9.32 Å². The lowest BCUT2D eigenvalue weighted by Gasteiger charge is -2.17. The smallest absolute Gasteiger partial charge is 0.253 e. The quantitative estimate of drug-likeness (QED) is 0.857. The average Bonchev–Trinajstić information content (AvgIpc) is 2.70. The SMILES string of the molecule is Cc1noc(C)c1CN(C)C(=O)c1ccc(N)cc1. The highest BCUT2D eigenvalue weighted by atomic mass is 16.5. The topological polar surface area (TPSA) is 72.4 Å². The summed E-state index contributed by atoms with van der Waals surface area (Å²) < 4.78 is 5.09. The average molecular weight is 259 g/mol. The maximum Gasteiger partial charge on any atom is 0.253 e. The van der Waals surface area contributed by atoms with Gasteiger partial charge in [-0.3, -0.25) is 4.79 Å². The van der Waals surface area contributed by atoms with E-state index in [9.17, 15) is 4.79 Å². The Bertz CT molecular complexity index is 568. The highest BCUT2D eigenvalue weighted by Gasteiger charge is 2.16. The second-order valence-electron chi connectivity index (χ2n) is 4.59. The molecule has 0 saturated carbocycles. The van der Waals surface area contributed by atoms with E-state index in [0.29, 0.717) is 17.8 Å². The van der Waals surface area contributed by atoms with Crippen molar-refractivity contribution in [2.24, 2.45) is 0 Å². The van der Waals surface area contributed by atoms with Crippen molar-refractivity contribution in [1.82, 2.24) is 10.1 Å². The van der Waals surface area contributed by atoms with E-state index < -0.39 is 0 Å². The van der Waals surface area contributed by atoms with Crippen LogP contribution in [-0.2, 0) is 6.54 Å². The molecular formula is C14H17N3O2. The van der Waals surface area contributed by atoms with Crippen LogP contribution >= 0.6 is 0 Å². The summed E-state index contributed by atoms with van der Waals surface area (Å²) >= 11 is 0.